The average Bonchev–Trinajstić information content (AvgIpc) is 2.89. The number of rotatable bonds is 7. The van der Waals surface area contributed by atoms with Gasteiger partial charge in [0, 0.05) is 10.0 Å². The third-order valence-electron chi connectivity index (χ3n) is 5.80. The molecule has 0 fully saturated rings. The van der Waals surface area contributed by atoms with Crippen LogP contribution in [-0.2, 0) is 22.7 Å². The molecule has 0 radical (unpaired) electrons. The summed E-state index contributed by atoms with van der Waals surface area (Å²) in [6.45, 7) is 1.64. The second-order valence-corrected chi connectivity index (χ2v) is 11.3. The zero-order valence-corrected chi connectivity index (χ0v) is 22.7. The number of sulfonamides is 1. The van der Waals surface area contributed by atoms with E-state index in [9.17, 15) is 26.4 Å². The highest BCUT2D eigenvalue weighted by atomic mass is 35.5. The zero-order chi connectivity index (χ0) is 28.4. The zero-order valence-electron chi connectivity index (χ0n) is 20.3. The van der Waals surface area contributed by atoms with E-state index in [1.54, 1.807) is 36.4 Å². The molecule has 0 aliphatic carbocycles. The van der Waals surface area contributed by atoms with Gasteiger partial charge in [-0.1, -0.05) is 65.2 Å². The van der Waals surface area contributed by atoms with Crippen molar-refractivity contribution < 1.29 is 26.4 Å². The van der Waals surface area contributed by atoms with Crippen LogP contribution in [0.2, 0.25) is 10.0 Å². The fourth-order valence-electron chi connectivity index (χ4n) is 3.83. The van der Waals surface area contributed by atoms with Crippen molar-refractivity contribution in [3.05, 3.63) is 123 Å². The molecule has 1 amide bonds. The molecule has 0 aliphatic heterocycles. The van der Waals surface area contributed by atoms with Crippen molar-refractivity contribution in [3.63, 3.8) is 0 Å². The molecule has 1 N–H and O–H groups in total. The number of amides is 1. The second-order valence-electron chi connectivity index (χ2n) is 8.61. The Bertz CT molecular complexity index is 1610. The van der Waals surface area contributed by atoms with Crippen LogP contribution in [0.5, 0.6) is 0 Å². The van der Waals surface area contributed by atoms with Gasteiger partial charge in [-0.25, -0.2) is 8.42 Å². The summed E-state index contributed by atoms with van der Waals surface area (Å²) >= 11 is 11.7. The Morgan fingerprint density at radius 1 is 0.872 bits per heavy atom. The third-order valence-corrected chi connectivity index (χ3v) is 8.06. The molecule has 0 bridgehead atoms. The van der Waals surface area contributed by atoms with Gasteiger partial charge in [-0.2, -0.15) is 13.2 Å². The number of nitrogens with one attached hydrogen (secondary N) is 1. The maximum Gasteiger partial charge on any atom is 0.418 e. The number of hydrogen-bond acceptors (Lipinski definition) is 3. The maximum absolute atomic E-state index is 13.9. The predicted molar refractivity (Wildman–Crippen MR) is 147 cm³/mol. The topological polar surface area (TPSA) is 66.5 Å². The largest absolute Gasteiger partial charge is 0.418 e. The van der Waals surface area contributed by atoms with Crippen molar-refractivity contribution >= 4 is 50.5 Å². The number of nitrogens with zero attached hydrogens (tertiary/aromatic N) is 1. The van der Waals surface area contributed by atoms with Gasteiger partial charge in [0.25, 0.3) is 15.9 Å². The average molecular weight is 593 g/mol. The normalized spacial score (nSPS) is 11.7. The fraction of sp³-hybridized carbons (Fsp3) is 0.107. The number of hydrogen-bond donors (Lipinski definition) is 1. The molecule has 0 spiro atoms. The number of anilines is 2. The first kappa shape index (κ1) is 28.5. The number of para-hydroxylation sites is 1. The fourth-order valence-corrected chi connectivity index (χ4v) is 5.60. The van der Waals surface area contributed by atoms with Crippen molar-refractivity contribution in [2.24, 2.45) is 0 Å². The van der Waals surface area contributed by atoms with Crippen LogP contribution in [0.25, 0.3) is 0 Å². The molecule has 0 aliphatic rings. The van der Waals surface area contributed by atoms with E-state index in [0.717, 1.165) is 15.9 Å². The lowest BCUT2D eigenvalue weighted by Gasteiger charge is -2.27. The van der Waals surface area contributed by atoms with Crippen LogP contribution in [0, 0.1) is 6.92 Å². The summed E-state index contributed by atoms with van der Waals surface area (Å²) < 4.78 is 69.7. The van der Waals surface area contributed by atoms with Crippen LogP contribution in [-0.4, -0.2) is 14.3 Å². The number of aryl methyl sites for hydroxylation is 1. The number of halogens is 5. The van der Waals surface area contributed by atoms with Crippen molar-refractivity contribution in [2.75, 3.05) is 9.62 Å². The molecular weight excluding hydrogens is 572 g/mol. The Balaban J connectivity index is 1.81. The van der Waals surface area contributed by atoms with Gasteiger partial charge >= 0.3 is 6.18 Å². The van der Waals surface area contributed by atoms with Gasteiger partial charge in [0.1, 0.15) is 0 Å². The molecule has 0 saturated heterocycles. The summed E-state index contributed by atoms with van der Waals surface area (Å²) in [5.41, 5.74) is -0.398. The lowest BCUT2D eigenvalue weighted by molar-refractivity contribution is -0.136. The first-order valence-corrected chi connectivity index (χ1v) is 13.7. The highest BCUT2D eigenvalue weighted by Gasteiger charge is 2.35. The Labute approximate surface area is 233 Å². The summed E-state index contributed by atoms with van der Waals surface area (Å²) in [7, 11) is -4.22. The summed E-state index contributed by atoms with van der Waals surface area (Å²) in [4.78, 5) is 13.3. The van der Waals surface area contributed by atoms with Crippen LogP contribution in [0.15, 0.2) is 95.9 Å². The molecule has 0 unspecified atom stereocenters. The maximum atomic E-state index is 13.9. The van der Waals surface area contributed by atoms with E-state index < -0.39 is 33.4 Å². The third kappa shape index (κ3) is 6.55. The summed E-state index contributed by atoms with van der Waals surface area (Å²) in [6.07, 6.45) is -4.79. The van der Waals surface area contributed by atoms with Crippen LogP contribution in [0.4, 0.5) is 24.5 Å². The lowest BCUT2D eigenvalue weighted by atomic mass is 10.1. The monoisotopic (exact) mass is 592 g/mol. The van der Waals surface area contributed by atoms with E-state index in [1.165, 1.54) is 42.5 Å². The van der Waals surface area contributed by atoms with Crippen LogP contribution in [0.3, 0.4) is 0 Å². The lowest BCUT2D eigenvalue weighted by Crippen LogP contribution is -2.32. The first-order valence-electron chi connectivity index (χ1n) is 11.5. The smallest absolute Gasteiger partial charge is 0.321 e. The molecule has 4 aromatic rings. The Hall–Kier alpha value is -3.53. The first-order chi connectivity index (χ1) is 18.4. The van der Waals surface area contributed by atoms with Gasteiger partial charge in [-0.15, -0.1) is 0 Å². The van der Waals surface area contributed by atoms with Crippen LogP contribution >= 0.6 is 23.2 Å². The van der Waals surface area contributed by atoms with Gasteiger partial charge in [-0.3, -0.25) is 9.10 Å². The molecule has 4 aromatic carbocycles. The molecule has 0 heterocycles. The van der Waals surface area contributed by atoms with E-state index in [4.69, 9.17) is 23.2 Å². The number of benzene rings is 4. The van der Waals surface area contributed by atoms with E-state index in [-0.39, 0.29) is 27.7 Å². The van der Waals surface area contributed by atoms with Gasteiger partial charge < -0.3 is 5.32 Å². The number of carbonyl (C=O) groups is 1. The van der Waals surface area contributed by atoms with Crippen molar-refractivity contribution in [1.29, 1.82) is 0 Å². The quantitative estimate of drug-likeness (QED) is 0.236. The van der Waals surface area contributed by atoms with Crippen molar-refractivity contribution in [3.8, 4) is 0 Å². The summed E-state index contributed by atoms with van der Waals surface area (Å²) in [5, 5.41) is 2.57. The molecule has 5 nitrogen and oxygen atoms in total. The Morgan fingerprint density at radius 3 is 2.13 bits per heavy atom. The summed E-state index contributed by atoms with van der Waals surface area (Å²) in [6, 6.07) is 21.4. The minimum absolute atomic E-state index is 0.0191. The molecule has 4 rings (SSSR count). The van der Waals surface area contributed by atoms with Gasteiger partial charge in [0.05, 0.1) is 33.9 Å². The Kier molecular flexibility index (Phi) is 8.25. The predicted octanol–water partition coefficient (Wildman–Crippen LogP) is 7.97. The molecule has 39 heavy (non-hydrogen) atoms. The minimum Gasteiger partial charge on any atom is -0.321 e. The van der Waals surface area contributed by atoms with Crippen LogP contribution < -0.4 is 9.62 Å². The SMILES string of the molecule is Cc1ccc(S(=O)(=O)N(Cc2ccc(Cl)cc2)c2ccccc2C(=O)Nc2ccc(Cl)cc2C(F)(F)F)cc1. The molecule has 0 aromatic heterocycles. The molecule has 202 valence electrons. The highest BCUT2D eigenvalue weighted by Crippen LogP contribution is 2.37. The Morgan fingerprint density at radius 2 is 1.49 bits per heavy atom. The number of alkyl halides is 3. The summed E-state index contributed by atoms with van der Waals surface area (Å²) in [5.74, 6) is -0.932. The molecule has 0 atom stereocenters. The van der Waals surface area contributed by atoms with Gasteiger partial charge in [0.15, 0.2) is 0 Å². The second kappa shape index (κ2) is 11.3. The van der Waals surface area contributed by atoms with Crippen molar-refractivity contribution in [1.82, 2.24) is 0 Å². The molecule has 11 heteroatoms. The van der Waals surface area contributed by atoms with Gasteiger partial charge in [-0.05, 0) is 67.1 Å². The van der Waals surface area contributed by atoms with Crippen LogP contribution in [0.1, 0.15) is 27.0 Å². The molecular formula is C28H21Cl2F3N2O3S. The van der Waals surface area contributed by atoms with E-state index >= 15 is 0 Å². The van der Waals surface area contributed by atoms with E-state index in [2.05, 4.69) is 5.32 Å². The minimum atomic E-state index is -4.79. The van der Waals surface area contributed by atoms with Crippen molar-refractivity contribution in [2.45, 2.75) is 24.5 Å². The number of carbonyl (C=O) groups excluding carboxylic acids is 1. The standard InChI is InChI=1S/C28H21Cl2F3N2O3S/c1-18-6-13-22(14-7-18)39(37,38)35(17-19-8-10-20(29)11-9-19)26-5-3-2-4-23(26)27(36)34-25-15-12-21(30)16-24(25)28(31,32)33/h2-16H,17H2,1H3,(H,34,36). The highest BCUT2D eigenvalue weighted by molar-refractivity contribution is 7.92. The van der Waals surface area contributed by atoms with E-state index in [0.29, 0.717) is 16.7 Å². The van der Waals surface area contributed by atoms with Gasteiger partial charge in [0.2, 0.25) is 0 Å². The molecule has 0 saturated carbocycles. The van der Waals surface area contributed by atoms with E-state index in [1.807, 2.05) is 6.92 Å².